The number of rotatable bonds is 5. The largest absolute Gasteiger partial charge is 0.481 e. The summed E-state index contributed by atoms with van der Waals surface area (Å²) < 4.78 is 0. The Hall–Kier alpha value is -1.84. The van der Waals surface area contributed by atoms with Crippen LogP contribution in [0.5, 0.6) is 0 Å². The molecule has 4 nitrogen and oxygen atoms in total. The minimum Gasteiger partial charge on any atom is -0.481 e. The van der Waals surface area contributed by atoms with Crippen LogP contribution in [0.25, 0.3) is 0 Å². The lowest BCUT2D eigenvalue weighted by atomic mass is 10.1. The Morgan fingerprint density at radius 3 is 2.53 bits per heavy atom. The van der Waals surface area contributed by atoms with Crippen LogP contribution in [0.1, 0.15) is 18.4 Å². The number of oxime groups is 1. The van der Waals surface area contributed by atoms with Gasteiger partial charge < -0.3 is 9.94 Å². The van der Waals surface area contributed by atoms with Crippen LogP contribution in [0.2, 0.25) is 0 Å². The summed E-state index contributed by atoms with van der Waals surface area (Å²) in [4.78, 5) is 15.1. The van der Waals surface area contributed by atoms with Crippen molar-refractivity contribution in [3.8, 4) is 0 Å². The fourth-order valence-electron chi connectivity index (χ4n) is 1.21. The van der Waals surface area contributed by atoms with Gasteiger partial charge in [-0.3, -0.25) is 4.79 Å². The number of carbonyl (C=O) groups is 1. The van der Waals surface area contributed by atoms with Gasteiger partial charge in [-0.05, 0) is 5.56 Å². The van der Waals surface area contributed by atoms with E-state index < -0.39 is 5.97 Å². The van der Waals surface area contributed by atoms with Gasteiger partial charge in [-0.2, -0.15) is 0 Å². The predicted molar refractivity (Wildman–Crippen MR) is 56.9 cm³/mol. The van der Waals surface area contributed by atoms with E-state index in [0.29, 0.717) is 12.1 Å². The number of benzene rings is 1. The Labute approximate surface area is 88.2 Å². The highest BCUT2D eigenvalue weighted by Crippen LogP contribution is 2.07. The molecule has 0 fully saturated rings. The quantitative estimate of drug-likeness (QED) is 0.592. The van der Waals surface area contributed by atoms with Gasteiger partial charge in [0.15, 0.2) is 0 Å². The molecule has 1 aromatic carbocycles. The first-order valence-electron chi connectivity index (χ1n) is 4.61. The molecule has 15 heavy (non-hydrogen) atoms. The van der Waals surface area contributed by atoms with Crippen LogP contribution in [0.4, 0.5) is 0 Å². The normalized spacial score (nSPS) is 11.1. The van der Waals surface area contributed by atoms with Gasteiger partial charge in [-0.25, -0.2) is 0 Å². The molecule has 0 heterocycles. The third-order valence-electron chi connectivity index (χ3n) is 1.88. The van der Waals surface area contributed by atoms with E-state index in [0.717, 1.165) is 5.56 Å². The molecule has 0 radical (unpaired) electrons. The first-order chi connectivity index (χ1) is 7.24. The molecule has 0 aromatic heterocycles. The lowest BCUT2D eigenvalue weighted by Crippen LogP contribution is -2.05. The summed E-state index contributed by atoms with van der Waals surface area (Å²) in [6.07, 6.45) is 0.421. The molecule has 0 saturated heterocycles. The summed E-state index contributed by atoms with van der Waals surface area (Å²) in [6, 6.07) is 9.40. The van der Waals surface area contributed by atoms with Crippen molar-refractivity contribution in [1.29, 1.82) is 0 Å². The summed E-state index contributed by atoms with van der Waals surface area (Å²) in [5.74, 6) is -0.838. The summed E-state index contributed by atoms with van der Waals surface area (Å²) in [5.41, 5.74) is 1.54. The number of carboxylic acids is 1. The van der Waals surface area contributed by atoms with Crippen LogP contribution < -0.4 is 0 Å². The Morgan fingerprint density at radius 2 is 2.00 bits per heavy atom. The van der Waals surface area contributed by atoms with Crippen LogP contribution in [0.15, 0.2) is 35.5 Å². The molecular formula is C11H13NO3. The molecule has 0 bridgehead atoms. The van der Waals surface area contributed by atoms with Crippen molar-refractivity contribution in [3.63, 3.8) is 0 Å². The smallest absolute Gasteiger partial charge is 0.303 e. The third-order valence-corrected chi connectivity index (χ3v) is 1.88. The fourth-order valence-corrected chi connectivity index (χ4v) is 1.21. The molecule has 0 atom stereocenters. The second-order valence-corrected chi connectivity index (χ2v) is 2.98. The van der Waals surface area contributed by atoms with E-state index >= 15 is 0 Å². The van der Waals surface area contributed by atoms with E-state index in [1.165, 1.54) is 7.11 Å². The molecule has 1 aromatic rings. The Kier molecular flexibility index (Phi) is 4.34. The lowest BCUT2D eigenvalue weighted by Gasteiger charge is -2.03. The summed E-state index contributed by atoms with van der Waals surface area (Å²) in [5, 5.41) is 12.4. The third kappa shape index (κ3) is 3.81. The maximum Gasteiger partial charge on any atom is 0.303 e. The zero-order valence-electron chi connectivity index (χ0n) is 8.51. The number of nitrogens with zero attached hydrogens (tertiary/aromatic N) is 1. The Balaban J connectivity index is 2.75. The van der Waals surface area contributed by atoms with Gasteiger partial charge >= 0.3 is 5.97 Å². The van der Waals surface area contributed by atoms with Crippen LogP contribution in [0.3, 0.4) is 0 Å². The van der Waals surface area contributed by atoms with Gasteiger partial charge in [0.1, 0.15) is 7.11 Å². The topological polar surface area (TPSA) is 58.9 Å². The van der Waals surface area contributed by atoms with Crippen LogP contribution in [-0.2, 0) is 9.63 Å². The second kappa shape index (κ2) is 5.80. The van der Waals surface area contributed by atoms with E-state index in [4.69, 9.17) is 5.11 Å². The highest BCUT2D eigenvalue weighted by Gasteiger charge is 2.06. The van der Waals surface area contributed by atoms with E-state index in [1.54, 1.807) is 0 Å². The Morgan fingerprint density at radius 1 is 1.33 bits per heavy atom. The highest BCUT2D eigenvalue weighted by atomic mass is 16.6. The summed E-state index contributed by atoms with van der Waals surface area (Å²) in [7, 11) is 1.45. The maximum atomic E-state index is 10.4. The molecule has 80 valence electrons. The first kappa shape index (κ1) is 11.2. The molecule has 0 aliphatic rings. The molecule has 0 aliphatic carbocycles. The van der Waals surface area contributed by atoms with Crippen molar-refractivity contribution in [3.05, 3.63) is 35.9 Å². The zero-order valence-corrected chi connectivity index (χ0v) is 8.51. The molecule has 0 amide bonds. The zero-order chi connectivity index (χ0) is 11.1. The van der Waals surface area contributed by atoms with Crippen molar-refractivity contribution in [2.75, 3.05) is 7.11 Å². The van der Waals surface area contributed by atoms with Crippen molar-refractivity contribution in [2.45, 2.75) is 12.8 Å². The van der Waals surface area contributed by atoms with Gasteiger partial charge in [0.2, 0.25) is 0 Å². The van der Waals surface area contributed by atoms with Crippen LogP contribution in [0, 0.1) is 0 Å². The summed E-state index contributed by atoms with van der Waals surface area (Å²) >= 11 is 0. The van der Waals surface area contributed by atoms with Crippen molar-refractivity contribution in [2.24, 2.45) is 5.16 Å². The monoisotopic (exact) mass is 207 g/mol. The molecule has 0 spiro atoms. The minimum atomic E-state index is -0.838. The number of hydrogen-bond acceptors (Lipinski definition) is 3. The van der Waals surface area contributed by atoms with Crippen molar-refractivity contribution < 1.29 is 14.7 Å². The number of hydrogen-bond donors (Lipinski definition) is 1. The molecule has 0 saturated carbocycles. The van der Waals surface area contributed by atoms with Gasteiger partial charge in [-0.15, -0.1) is 0 Å². The SMILES string of the molecule is CO/N=C(/CCC(=O)O)c1ccccc1. The standard InChI is InChI=1S/C11H13NO3/c1-15-12-10(7-8-11(13)14)9-5-3-2-4-6-9/h2-6H,7-8H2,1H3,(H,13,14)/b12-10-. The van der Waals surface area contributed by atoms with Crippen LogP contribution in [-0.4, -0.2) is 23.9 Å². The number of carboxylic acid groups (broad SMARTS) is 1. The van der Waals surface area contributed by atoms with Gasteiger partial charge in [0.25, 0.3) is 0 Å². The second-order valence-electron chi connectivity index (χ2n) is 2.98. The van der Waals surface area contributed by atoms with Gasteiger partial charge in [-0.1, -0.05) is 35.5 Å². The molecule has 0 unspecified atom stereocenters. The molecular weight excluding hydrogens is 194 g/mol. The molecule has 1 rings (SSSR count). The van der Waals surface area contributed by atoms with Crippen molar-refractivity contribution >= 4 is 11.7 Å². The number of aliphatic carboxylic acids is 1. The van der Waals surface area contributed by atoms with E-state index in [2.05, 4.69) is 9.99 Å². The van der Waals surface area contributed by atoms with Gasteiger partial charge in [0, 0.05) is 6.42 Å². The summed E-state index contributed by atoms with van der Waals surface area (Å²) in [6.45, 7) is 0. The van der Waals surface area contributed by atoms with E-state index in [1.807, 2.05) is 30.3 Å². The molecule has 0 aliphatic heterocycles. The molecule has 4 heteroatoms. The molecule has 1 N–H and O–H groups in total. The first-order valence-corrected chi connectivity index (χ1v) is 4.61. The fraction of sp³-hybridized carbons (Fsp3) is 0.273. The average molecular weight is 207 g/mol. The average Bonchev–Trinajstić information content (AvgIpc) is 2.25. The van der Waals surface area contributed by atoms with E-state index in [9.17, 15) is 4.79 Å². The van der Waals surface area contributed by atoms with Gasteiger partial charge in [0.05, 0.1) is 12.1 Å². The van der Waals surface area contributed by atoms with Crippen LogP contribution >= 0.6 is 0 Å². The Bertz CT molecular complexity index is 346. The minimum absolute atomic E-state index is 0.0527. The predicted octanol–water partition coefficient (Wildman–Crippen LogP) is 1.90. The van der Waals surface area contributed by atoms with E-state index in [-0.39, 0.29) is 6.42 Å². The highest BCUT2D eigenvalue weighted by molar-refractivity contribution is 6.01. The lowest BCUT2D eigenvalue weighted by molar-refractivity contribution is -0.136. The van der Waals surface area contributed by atoms with Crippen molar-refractivity contribution in [1.82, 2.24) is 0 Å². The maximum absolute atomic E-state index is 10.4.